The second-order valence-electron chi connectivity index (χ2n) is 3.62. The number of aliphatic hydroxyl groups is 1. The smallest absolute Gasteiger partial charge is 0.223 e. The Morgan fingerprint density at radius 2 is 2.38 bits per heavy atom. The van der Waals surface area contributed by atoms with Crippen molar-refractivity contribution in [2.45, 2.75) is 18.3 Å². The molecule has 0 aromatic rings. The van der Waals surface area contributed by atoms with Crippen LogP contribution < -0.4 is 5.73 Å². The molecular weight excluding hydrogens is 252 g/mol. The molecule has 2 unspecified atom stereocenters. The van der Waals surface area contributed by atoms with E-state index in [4.69, 9.17) is 15.6 Å². The van der Waals surface area contributed by atoms with Crippen LogP contribution in [0.2, 0.25) is 0 Å². The molecule has 0 aromatic carbocycles. The highest BCUT2D eigenvalue weighted by molar-refractivity contribution is 7.92. The van der Waals surface area contributed by atoms with E-state index < -0.39 is 21.4 Å². The normalized spacial score (nSPS) is 25.2. The maximum absolute atomic E-state index is 12.0. The molecule has 6 nitrogen and oxygen atoms in total. The molecule has 8 heteroatoms. The Balaban J connectivity index is 2.79. The molecule has 1 aliphatic rings. The molecule has 1 saturated heterocycles. The van der Waals surface area contributed by atoms with Gasteiger partial charge in [-0.05, 0) is 6.92 Å². The molecule has 1 rings (SSSR count). The van der Waals surface area contributed by atoms with E-state index >= 15 is 0 Å². The molecule has 1 heterocycles. The van der Waals surface area contributed by atoms with Crippen molar-refractivity contribution in [3.63, 3.8) is 0 Å². The second kappa shape index (κ2) is 5.37. The van der Waals surface area contributed by atoms with E-state index in [2.05, 4.69) is 12.2 Å². The molecule has 16 heavy (non-hydrogen) atoms. The molecule has 0 spiro atoms. The van der Waals surface area contributed by atoms with E-state index in [1.165, 1.54) is 11.2 Å². The molecule has 1 aliphatic heterocycles. The summed E-state index contributed by atoms with van der Waals surface area (Å²) < 4.78 is 30.5. The summed E-state index contributed by atoms with van der Waals surface area (Å²) in [6.45, 7) is 1.95. The van der Waals surface area contributed by atoms with Crippen LogP contribution in [0.3, 0.4) is 0 Å². The lowest BCUT2D eigenvalue weighted by atomic mass is 10.3. The summed E-state index contributed by atoms with van der Waals surface area (Å²) in [6, 6.07) is 0. The third-order valence-electron chi connectivity index (χ3n) is 2.51. The molecule has 0 radical (unpaired) electrons. The van der Waals surface area contributed by atoms with Crippen molar-refractivity contribution < 1.29 is 18.3 Å². The largest absolute Gasteiger partial charge is 0.394 e. The molecule has 0 aliphatic carbocycles. The molecular formula is C8H16N2O4S2. The van der Waals surface area contributed by atoms with Crippen LogP contribution in [-0.2, 0) is 14.8 Å². The number of nitrogens with two attached hydrogens (primary N) is 1. The van der Waals surface area contributed by atoms with Gasteiger partial charge in [0.05, 0.1) is 24.3 Å². The van der Waals surface area contributed by atoms with Crippen molar-refractivity contribution in [2.24, 2.45) is 5.73 Å². The van der Waals surface area contributed by atoms with Crippen molar-refractivity contribution >= 4 is 27.2 Å². The fraction of sp³-hybridized carbons (Fsp3) is 0.875. The maximum Gasteiger partial charge on any atom is 0.223 e. The van der Waals surface area contributed by atoms with Gasteiger partial charge in [0.15, 0.2) is 0 Å². The number of ether oxygens (including phenoxy) is 1. The third kappa shape index (κ3) is 2.89. The number of thiocarbonyl (C=S) groups is 1. The van der Waals surface area contributed by atoms with Gasteiger partial charge in [0.25, 0.3) is 0 Å². The number of nitrogens with zero attached hydrogens (tertiary/aromatic N) is 1. The molecule has 0 bridgehead atoms. The zero-order chi connectivity index (χ0) is 12.3. The lowest BCUT2D eigenvalue weighted by Crippen LogP contribution is -2.51. The van der Waals surface area contributed by atoms with Crippen LogP contribution in [-0.4, -0.2) is 60.5 Å². The van der Waals surface area contributed by atoms with Crippen LogP contribution in [0, 0.1) is 0 Å². The standard InChI is InChI=1S/C8H16N2O4S2/c1-6(8(9)15)16(12,13)10-2-3-14-7(4-10)5-11/h6-7,11H,2-5H2,1H3,(H2,9,15). The first kappa shape index (κ1) is 13.8. The highest BCUT2D eigenvalue weighted by atomic mass is 32.2. The lowest BCUT2D eigenvalue weighted by Gasteiger charge is -2.32. The van der Waals surface area contributed by atoms with Crippen molar-refractivity contribution in [3.05, 3.63) is 0 Å². The van der Waals surface area contributed by atoms with Gasteiger partial charge in [0, 0.05) is 13.1 Å². The Hall–Kier alpha value is -0.280. The van der Waals surface area contributed by atoms with Gasteiger partial charge >= 0.3 is 0 Å². The minimum absolute atomic E-state index is 0.0490. The Labute approximate surface area is 100 Å². The molecule has 3 N–H and O–H groups in total. The fourth-order valence-electron chi connectivity index (χ4n) is 1.40. The first-order valence-corrected chi connectivity index (χ1v) is 6.81. The highest BCUT2D eigenvalue weighted by Crippen LogP contribution is 2.14. The van der Waals surface area contributed by atoms with Crippen LogP contribution in [0.25, 0.3) is 0 Å². The molecule has 0 saturated carbocycles. The summed E-state index contributed by atoms with van der Waals surface area (Å²) in [7, 11) is -3.53. The lowest BCUT2D eigenvalue weighted by molar-refractivity contribution is -0.0305. The van der Waals surface area contributed by atoms with E-state index in [-0.39, 0.29) is 31.3 Å². The Morgan fingerprint density at radius 3 is 2.88 bits per heavy atom. The van der Waals surface area contributed by atoms with Gasteiger partial charge in [-0.1, -0.05) is 12.2 Å². The topological polar surface area (TPSA) is 92.9 Å². The fourth-order valence-corrected chi connectivity index (χ4v) is 3.21. The van der Waals surface area contributed by atoms with Gasteiger partial charge in [0.1, 0.15) is 5.25 Å². The van der Waals surface area contributed by atoms with Crippen molar-refractivity contribution in [1.29, 1.82) is 0 Å². The quantitative estimate of drug-likeness (QED) is 0.615. The van der Waals surface area contributed by atoms with E-state index in [9.17, 15) is 8.42 Å². The predicted molar refractivity (Wildman–Crippen MR) is 63.6 cm³/mol. The number of rotatable bonds is 4. The molecule has 0 amide bonds. The summed E-state index contributed by atoms with van der Waals surface area (Å²) in [5.74, 6) is 0. The van der Waals surface area contributed by atoms with E-state index in [1.54, 1.807) is 0 Å². The van der Waals surface area contributed by atoms with E-state index in [0.717, 1.165) is 0 Å². The molecule has 1 fully saturated rings. The van der Waals surface area contributed by atoms with Gasteiger partial charge in [-0.3, -0.25) is 0 Å². The van der Waals surface area contributed by atoms with Crippen LogP contribution in [0.4, 0.5) is 0 Å². The zero-order valence-electron chi connectivity index (χ0n) is 9.00. The average molecular weight is 268 g/mol. The molecule has 2 atom stereocenters. The average Bonchev–Trinajstić information content (AvgIpc) is 2.27. The number of morpholine rings is 1. The zero-order valence-corrected chi connectivity index (χ0v) is 10.6. The predicted octanol–water partition coefficient (Wildman–Crippen LogP) is -1.32. The Kier molecular flexibility index (Phi) is 4.62. The number of aliphatic hydroxyl groups excluding tert-OH is 1. The summed E-state index contributed by atoms with van der Waals surface area (Å²) in [6.07, 6.45) is -0.470. The Bertz CT molecular complexity index is 357. The van der Waals surface area contributed by atoms with Gasteiger partial charge in [-0.25, -0.2) is 8.42 Å². The van der Waals surface area contributed by atoms with Crippen molar-refractivity contribution in [1.82, 2.24) is 4.31 Å². The van der Waals surface area contributed by atoms with Crippen LogP contribution in [0.1, 0.15) is 6.92 Å². The van der Waals surface area contributed by atoms with Gasteiger partial charge in [0.2, 0.25) is 10.0 Å². The Morgan fingerprint density at radius 1 is 1.75 bits per heavy atom. The van der Waals surface area contributed by atoms with E-state index in [1.807, 2.05) is 0 Å². The highest BCUT2D eigenvalue weighted by Gasteiger charge is 2.34. The van der Waals surface area contributed by atoms with Crippen LogP contribution in [0.5, 0.6) is 0 Å². The van der Waals surface area contributed by atoms with Crippen molar-refractivity contribution in [2.75, 3.05) is 26.3 Å². The number of sulfonamides is 1. The monoisotopic (exact) mass is 268 g/mol. The molecule has 0 aromatic heterocycles. The minimum Gasteiger partial charge on any atom is -0.394 e. The number of hydrogen-bond donors (Lipinski definition) is 2. The summed E-state index contributed by atoms with van der Waals surface area (Å²) >= 11 is 4.68. The first-order chi connectivity index (χ1) is 7.39. The number of hydrogen-bond acceptors (Lipinski definition) is 5. The van der Waals surface area contributed by atoms with Crippen LogP contribution in [0.15, 0.2) is 0 Å². The summed E-state index contributed by atoms with van der Waals surface area (Å²) in [5, 5.41) is 8.04. The van der Waals surface area contributed by atoms with Crippen LogP contribution >= 0.6 is 12.2 Å². The third-order valence-corrected chi connectivity index (χ3v) is 5.21. The first-order valence-electron chi connectivity index (χ1n) is 4.90. The van der Waals surface area contributed by atoms with Crippen molar-refractivity contribution in [3.8, 4) is 0 Å². The minimum atomic E-state index is -3.53. The molecule has 94 valence electrons. The van der Waals surface area contributed by atoms with Gasteiger partial charge in [-0.2, -0.15) is 4.31 Å². The summed E-state index contributed by atoms with van der Waals surface area (Å²) in [5.41, 5.74) is 5.34. The summed E-state index contributed by atoms with van der Waals surface area (Å²) in [4.78, 5) is -0.0490. The van der Waals surface area contributed by atoms with Gasteiger partial charge in [-0.15, -0.1) is 0 Å². The second-order valence-corrected chi connectivity index (χ2v) is 6.35. The SMILES string of the molecule is CC(C(N)=S)S(=O)(=O)N1CCOC(CO)C1. The van der Waals surface area contributed by atoms with E-state index in [0.29, 0.717) is 0 Å². The maximum atomic E-state index is 12.0. The van der Waals surface area contributed by atoms with Gasteiger partial charge < -0.3 is 15.6 Å².